The van der Waals surface area contributed by atoms with Crippen LogP contribution >= 0.6 is 31.9 Å². The molecule has 19 heavy (non-hydrogen) atoms. The van der Waals surface area contributed by atoms with Gasteiger partial charge in [0, 0.05) is 0 Å². The molecule has 0 nitrogen and oxygen atoms in total. The number of rotatable bonds is 4. The molecule has 0 saturated heterocycles. The molecular formula is C17H22Br2. The third-order valence-corrected chi connectivity index (χ3v) is 4.69. The maximum Gasteiger partial charge on any atom is 0.0610 e. The van der Waals surface area contributed by atoms with Crippen LogP contribution in [0.3, 0.4) is 0 Å². The van der Waals surface area contributed by atoms with E-state index in [-0.39, 0.29) is 0 Å². The van der Waals surface area contributed by atoms with E-state index in [0.29, 0.717) is 0 Å². The molecule has 0 spiro atoms. The van der Waals surface area contributed by atoms with E-state index >= 15 is 0 Å². The zero-order valence-corrected chi connectivity index (χ0v) is 14.7. The molecule has 0 heterocycles. The Kier molecular flexibility index (Phi) is 6.15. The second-order valence-electron chi connectivity index (χ2n) is 5.61. The molecule has 0 amide bonds. The van der Waals surface area contributed by atoms with Crippen molar-refractivity contribution in [1.82, 2.24) is 0 Å². The molecule has 1 aliphatic carbocycles. The zero-order chi connectivity index (χ0) is 13.7. The van der Waals surface area contributed by atoms with Crippen LogP contribution in [0.15, 0.2) is 27.7 Å². The van der Waals surface area contributed by atoms with Crippen molar-refractivity contribution in [2.45, 2.75) is 51.4 Å². The van der Waals surface area contributed by atoms with Gasteiger partial charge in [-0.1, -0.05) is 44.0 Å². The second-order valence-corrected chi connectivity index (χ2v) is 8.38. The summed E-state index contributed by atoms with van der Waals surface area (Å²) < 4.78 is 0.993. The first-order valence-electron chi connectivity index (χ1n) is 7.31. The third kappa shape index (κ3) is 4.75. The van der Waals surface area contributed by atoms with Crippen molar-refractivity contribution < 1.29 is 0 Å². The lowest BCUT2D eigenvalue weighted by molar-refractivity contribution is 0.308. The van der Waals surface area contributed by atoms with Gasteiger partial charge in [0.2, 0.25) is 0 Å². The molecule has 0 bridgehead atoms. The molecule has 2 heteroatoms. The van der Waals surface area contributed by atoms with Crippen molar-refractivity contribution in [2.24, 2.45) is 5.92 Å². The molecule has 104 valence electrons. The SMILES string of the molecule is CCCC1CCC(c2ccc(C=C(Br)Br)cc2)CC1. The lowest BCUT2D eigenvalue weighted by atomic mass is 9.77. The Hall–Kier alpha value is -0.0800. The van der Waals surface area contributed by atoms with Gasteiger partial charge in [-0.05, 0) is 86.6 Å². The van der Waals surface area contributed by atoms with Crippen molar-refractivity contribution in [1.29, 1.82) is 0 Å². The van der Waals surface area contributed by atoms with E-state index in [9.17, 15) is 0 Å². The van der Waals surface area contributed by atoms with E-state index in [1.54, 1.807) is 0 Å². The molecule has 0 atom stereocenters. The van der Waals surface area contributed by atoms with Gasteiger partial charge in [0.25, 0.3) is 0 Å². The maximum atomic E-state index is 3.41. The first kappa shape index (κ1) is 15.3. The molecule has 1 fully saturated rings. The highest BCUT2D eigenvalue weighted by Gasteiger charge is 2.21. The summed E-state index contributed by atoms with van der Waals surface area (Å²) in [6.07, 6.45) is 10.5. The Balaban J connectivity index is 1.94. The summed E-state index contributed by atoms with van der Waals surface area (Å²) in [6.45, 7) is 2.31. The Bertz CT molecular complexity index is 407. The summed E-state index contributed by atoms with van der Waals surface area (Å²) in [6, 6.07) is 9.05. The van der Waals surface area contributed by atoms with E-state index < -0.39 is 0 Å². The smallest absolute Gasteiger partial charge is 0.0610 e. The summed E-state index contributed by atoms with van der Waals surface area (Å²) in [5, 5.41) is 0. The second kappa shape index (κ2) is 7.64. The Morgan fingerprint density at radius 1 is 1.11 bits per heavy atom. The fourth-order valence-corrected chi connectivity index (χ4v) is 3.71. The zero-order valence-electron chi connectivity index (χ0n) is 11.5. The average molecular weight is 386 g/mol. The number of hydrogen-bond acceptors (Lipinski definition) is 0. The van der Waals surface area contributed by atoms with Crippen LogP contribution in [-0.2, 0) is 0 Å². The van der Waals surface area contributed by atoms with E-state index in [2.05, 4.69) is 69.1 Å². The lowest BCUT2D eigenvalue weighted by Crippen LogP contribution is -2.13. The minimum absolute atomic E-state index is 0.790. The molecular weight excluding hydrogens is 364 g/mol. The van der Waals surface area contributed by atoms with E-state index in [0.717, 1.165) is 15.2 Å². The quantitative estimate of drug-likeness (QED) is 0.531. The van der Waals surface area contributed by atoms with Crippen LogP contribution in [-0.4, -0.2) is 0 Å². The topological polar surface area (TPSA) is 0 Å². The molecule has 2 rings (SSSR count). The summed E-state index contributed by atoms with van der Waals surface area (Å²) >= 11 is 6.81. The Morgan fingerprint density at radius 2 is 1.74 bits per heavy atom. The first-order valence-corrected chi connectivity index (χ1v) is 8.90. The van der Waals surface area contributed by atoms with Crippen molar-refractivity contribution >= 4 is 37.9 Å². The molecule has 0 unspecified atom stereocenters. The fourth-order valence-electron chi connectivity index (χ4n) is 3.18. The molecule has 1 saturated carbocycles. The van der Waals surface area contributed by atoms with Crippen molar-refractivity contribution in [3.05, 3.63) is 38.8 Å². The molecule has 1 aromatic carbocycles. The van der Waals surface area contributed by atoms with Crippen LogP contribution < -0.4 is 0 Å². The monoisotopic (exact) mass is 384 g/mol. The van der Waals surface area contributed by atoms with Gasteiger partial charge in [0.05, 0.1) is 3.39 Å². The predicted octanol–water partition coefficient (Wildman–Crippen LogP) is 6.85. The number of benzene rings is 1. The van der Waals surface area contributed by atoms with Crippen LogP contribution in [0, 0.1) is 5.92 Å². The molecule has 0 aromatic heterocycles. The van der Waals surface area contributed by atoms with Gasteiger partial charge in [-0.2, -0.15) is 0 Å². The van der Waals surface area contributed by atoms with Crippen LogP contribution in [0.1, 0.15) is 62.5 Å². The standard InChI is InChI=1S/C17H22Br2/c1-2-3-13-4-8-15(9-5-13)16-10-6-14(7-11-16)12-17(18)19/h6-7,10-13,15H,2-5,8-9H2,1H3. The maximum absolute atomic E-state index is 3.41. The van der Waals surface area contributed by atoms with Crippen molar-refractivity contribution in [3.63, 3.8) is 0 Å². The lowest BCUT2D eigenvalue weighted by Gasteiger charge is -2.28. The van der Waals surface area contributed by atoms with Crippen LogP contribution in [0.2, 0.25) is 0 Å². The number of halogens is 2. The summed E-state index contributed by atoms with van der Waals surface area (Å²) in [7, 11) is 0. The van der Waals surface area contributed by atoms with Gasteiger partial charge >= 0.3 is 0 Å². The van der Waals surface area contributed by atoms with Crippen molar-refractivity contribution in [2.75, 3.05) is 0 Å². The molecule has 1 aromatic rings. The fraction of sp³-hybridized carbons (Fsp3) is 0.529. The minimum Gasteiger partial charge on any atom is -0.0654 e. The van der Waals surface area contributed by atoms with E-state index in [4.69, 9.17) is 0 Å². The van der Waals surface area contributed by atoms with Crippen molar-refractivity contribution in [3.8, 4) is 0 Å². The third-order valence-electron chi connectivity index (χ3n) is 4.23. The molecule has 0 aliphatic heterocycles. The van der Waals surface area contributed by atoms with Crippen LogP contribution in [0.4, 0.5) is 0 Å². The highest BCUT2D eigenvalue weighted by atomic mass is 79.9. The van der Waals surface area contributed by atoms with E-state index in [1.807, 2.05) is 0 Å². The normalized spacial score (nSPS) is 23.1. The predicted molar refractivity (Wildman–Crippen MR) is 91.9 cm³/mol. The Morgan fingerprint density at radius 3 is 2.26 bits per heavy atom. The van der Waals surface area contributed by atoms with Gasteiger partial charge in [0.15, 0.2) is 0 Å². The average Bonchev–Trinajstić information content (AvgIpc) is 2.40. The minimum atomic E-state index is 0.790. The van der Waals surface area contributed by atoms with E-state index in [1.165, 1.54) is 49.7 Å². The van der Waals surface area contributed by atoms with Gasteiger partial charge in [0.1, 0.15) is 0 Å². The van der Waals surface area contributed by atoms with Gasteiger partial charge in [-0.25, -0.2) is 0 Å². The van der Waals surface area contributed by atoms with Crippen LogP contribution in [0.5, 0.6) is 0 Å². The van der Waals surface area contributed by atoms with Crippen LogP contribution in [0.25, 0.3) is 6.08 Å². The summed E-state index contributed by atoms with van der Waals surface area (Å²) in [5.74, 6) is 1.78. The largest absolute Gasteiger partial charge is 0.0654 e. The van der Waals surface area contributed by atoms with Gasteiger partial charge in [-0.3, -0.25) is 0 Å². The Labute approximate surface area is 133 Å². The highest BCUT2D eigenvalue weighted by Crippen LogP contribution is 2.37. The molecule has 0 N–H and O–H groups in total. The summed E-state index contributed by atoms with van der Waals surface area (Å²) in [5.41, 5.74) is 2.77. The summed E-state index contributed by atoms with van der Waals surface area (Å²) in [4.78, 5) is 0. The highest BCUT2D eigenvalue weighted by molar-refractivity contribution is 9.28. The molecule has 1 aliphatic rings. The van der Waals surface area contributed by atoms with Gasteiger partial charge < -0.3 is 0 Å². The van der Waals surface area contributed by atoms with Gasteiger partial charge in [-0.15, -0.1) is 0 Å². The number of hydrogen-bond donors (Lipinski definition) is 0. The first-order chi connectivity index (χ1) is 9.19. The molecule has 0 radical (unpaired) electrons.